The number of aryl methyl sites for hydroxylation is 1. The normalized spacial score (nSPS) is 11.7. The third-order valence-corrected chi connectivity index (χ3v) is 5.71. The molecule has 1 rings (SSSR count). The summed E-state index contributed by atoms with van der Waals surface area (Å²) >= 11 is 0. The van der Waals surface area contributed by atoms with Crippen LogP contribution >= 0.6 is 0 Å². The summed E-state index contributed by atoms with van der Waals surface area (Å²) in [6, 6.07) is 7.17. The van der Waals surface area contributed by atoms with E-state index in [4.69, 9.17) is 0 Å². The minimum absolute atomic E-state index is 0.284. The van der Waals surface area contributed by atoms with E-state index in [1.165, 1.54) is 38.5 Å². The molecule has 0 bridgehead atoms. The molecule has 0 saturated carbocycles. The highest BCUT2D eigenvalue weighted by Gasteiger charge is 2.13. The van der Waals surface area contributed by atoms with Crippen LogP contribution in [-0.2, 0) is 9.84 Å². The minimum atomic E-state index is -3.08. The van der Waals surface area contributed by atoms with Gasteiger partial charge >= 0.3 is 0 Å². The van der Waals surface area contributed by atoms with Gasteiger partial charge in [0.25, 0.3) is 0 Å². The van der Waals surface area contributed by atoms with Gasteiger partial charge < -0.3 is 0 Å². The van der Waals surface area contributed by atoms with Crippen molar-refractivity contribution in [3.8, 4) is 0 Å². The molecule has 1 aromatic rings. The lowest BCUT2D eigenvalue weighted by Gasteiger charge is -2.05. The molecule has 0 aliphatic heterocycles. The van der Waals surface area contributed by atoms with E-state index >= 15 is 0 Å². The Labute approximate surface area is 130 Å². The number of hydrogen-bond acceptors (Lipinski definition) is 2. The van der Waals surface area contributed by atoms with Crippen molar-refractivity contribution in [2.24, 2.45) is 0 Å². The number of unbranched alkanes of at least 4 members (excludes halogenated alkanes) is 8. The lowest BCUT2D eigenvalue weighted by Crippen LogP contribution is -2.06. The zero-order chi connectivity index (χ0) is 15.6. The second-order valence-corrected chi connectivity index (χ2v) is 8.07. The van der Waals surface area contributed by atoms with Crippen molar-refractivity contribution in [1.29, 1.82) is 0 Å². The SMILES string of the molecule is CCCCCCCCCCCS(=O)(=O)c1ccc(C)cc1. The molecule has 0 unspecified atom stereocenters. The van der Waals surface area contributed by atoms with Crippen molar-refractivity contribution in [3.63, 3.8) is 0 Å². The number of rotatable bonds is 11. The van der Waals surface area contributed by atoms with Gasteiger partial charge in [-0.25, -0.2) is 8.42 Å². The maximum Gasteiger partial charge on any atom is 0.178 e. The summed E-state index contributed by atoms with van der Waals surface area (Å²) in [7, 11) is -3.08. The average Bonchev–Trinajstić information content (AvgIpc) is 2.46. The summed E-state index contributed by atoms with van der Waals surface area (Å²) < 4.78 is 24.3. The Morgan fingerprint density at radius 3 is 1.76 bits per heavy atom. The van der Waals surface area contributed by atoms with E-state index < -0.39 is 9.84 Å². The van der Waals surface area contributed by atoms with Crippen LogP contribution in [-0.4, -0.2) is 14.2 Å². The Morgan fingerprint density at radius 2 is 1.24 bits per heavy atom. The second kappa shape index (κ2) is 9.99. The first kappa shape index (κ1) is 18.2. The van der Waals surface area contributed by atoms with Crippen LogP contribution in [0.3, 0.4) is 0 Å². The average molecular weight is 311 g/mol. The lowest BCUT2D eigenvalue weighted by molar-refractivity contribution is 0.565. The first-order valence-corrected chi connectivity index (χ1v) is 10.0. The van der Waals surface area contributed by atoms with Gasteiger partial charge in [0.05, 0.1) is 10.6 Å². The van der Waals surface area contributed by atoms with Gasteiger partial charge in [-0.3, -0.25) is 0 Å². The smallest absolute Gasteiger partial charge is 0.178 e. The zero-order valence-electron chi connectivity index (χ0n) is 13.6. The monoisotopic (exact) mass is 310 g/mol. The van der Waals surface area contributed by atoms with Crippen LogP contribution in [0.25, 0.3) is 0 Å². The number of sulfone groups is 1. The Balaban J connectivity index is 2.15. The molecule has 21 heavy (non-hydrogen) atoms. The molecule has 0 N–H and O–H groups in total. The van der Waals surface area contributed by atoms with Crippen molar-refractivity contribution in [2.45, 2.75) is 76.5 Å². The molecule has 1 aromatic carbocycles. The molecular weight excluding hydrogens is 280 g/mol. The van der Waals surface area contributed by atoms with Crippen LogP contribution < -0.4 is 0 Å². The molecule has 0 heterocycles. The quantitative estimate of drug-likeness (QED) is 0.520. The van der Waals surface area contributed by atoms with Gasteiger partial charge in [-0.2, -0.15) is 0 Å². The minimum Gasteiger partial charge on any atom is -0.224 e. The van der Waals surface area contributed by atoms with Gasteiger partial charge in [0.1, 0.15) is 0 Å². The van der Waals surface area contributed by atoms with Crippen LogP contribution in [0.1, 0.15) is 70.3 Å². The molecule has 0 aliphatic carbocycles. The lowest BCUT2D eigenvalue weighted by atomic mass is 10.1. The van der Waals surface area contributed by atoms with E-state index in [9.17, 15) is 8.42 Å². The summed E-state index contributed by atoms with van der Waals surface area (Å²) in [4.78, 5) is 0.465. The first-order valence-electron chi connectivity index (χ1n) is 8.35. The molecule has 0 radical (unpaired) electrons. The van der Waals surface area contributed by atoms with Crippen molar-refractivity contribution in [3.05, 3.63) is 29.8 Å². The van der Waals surface area contributed by atoms with Crippen LogP contribution in [0.2, 0.25) is 0 Å². The molecule has 120 valence electrons. The van der Waals surface area contributed by atoms with Gasteiger partial charge in [0.2, 0.25) is 0 Å². The maximum atomic E-state index is 12.2. The molecule has 0 aliphatic rings. The molecule has 0 fully saturated rings. The van der Waals surface area contributed by atoms with Crippen LogP contribution in [0.5, 0.6) is 0 Å². The second-order valence-electron chi connectivity index (χ2n) is 5.96. The van der Waals surface area contributed by atoms with Gasteiger partial charge in [0.15, 0.2) is 9.84 Å². The van der Waals surface area contributed by atoms with Gasteiger partial charge in [-0.1, -0.05) is 76.0 Å². The third-order valence-electron chi connectivity index (χ3n) is 3.90. The van der Waals surface area contributed by atoms with E-state index in [1.54, 1.807) is 12.1 Å². The van der Waals surface area contributed by atoms with E-state index in [1.807, 2.05) is 19.1 Å². The zero-order valence-corrected chi connectivity index (χ0v) is 14.4. The van der Waals surface area contributed by atoms with Crippen LogP contribution in [0.15, 0.2) is 29.2 Å². The molecular formula is C18H30O2S. The Morgan fingerprint density at radius 1 is 0.762 bits per heavy atom. The van der Waals surface area contributed by atoms with E-state index in [0.29, 0.717) is 4.90 Å². The standard InChI is InChI=1S/C18H30O2S/c1-3-4-5-6-7-8-9-10-11-16-21(19,20)18-14-12-17(2)13-15-18/h12-15H,3-11,16H2,1-2H3. The summed E-state index contributed by atoms with van der Waals surface area (Å²) in [5.41, 5.74) is 1.09. The topological polar surface area (TPSA) is 34.1 Å². The predicted octanol–water partition coefficient (Wildman–Crippen LogP) is 5.30. The van der Waals surface area contributed by atoms with Crippen LogP contribution in [0, 0.1) is 6.92 Å². The molecule has 0 aromatic heterocycles. The van der Waals surface area contributed by atoms with Crippen molar-refractivity contribution < 1.29 is 8.42 Å². The van der Waals surface area contributed by atoms with E-state index in [-0.39, 0.29) is 5.75 Å². The van der Waals surface area contributed by atoms with Gasteiger partial charge in [-0.15, -0.1) is 0 Å². The molecule has 0 saturated heterocycles. The molecule has 0 atom stereocenters. The number of hydrogen-bond donors (Lipinski definition) is 0. The molecule has 0 amide bonds. The predicted molar refractivity (Wildman–Crippen MR) is 90.5 cm³/mol. The maximum absolute atomic E-state index is 12.2. The highest BCUT2D eigenvalue weighted by Crippen LogP contribution is 2.15. The highest BCUT2D eigenvalue weighted by molar-refractivity contribution is 7.91. The Hall–Kier alpha value is -0.830. The largest absolute Gasteiger partial charge is 0.224 e. The molecule has 0 spiro atoms. The third kappa shape index (κ3) is 7.66. The van der Waals surface area contributed by atoms with Crippen molar-refractivity contribution >= 4 is 9.84 Å². The molecule has 3 heteroatoms. The first-order chi connectivity index (χ1) is 10.1. The highest BCUT2D eigenvalue weighted by atomic mass is 32.2. The van der Waals surface area contributed by atoms with E-state index in [0.717, 1.165) is 24.8 Å². The Kier molecular flexibility index (Phi) is 8.67. The fourth-order valence-corrected chi connectivity index (χ4v) is 3.84. The summed E-state index contributed by atoms with van der Waals surface area (Å²) in [5.74, 6) is 0.284. The number of benzene rings is 1. The summed E-state index contributed by atoms with van der Waals surface area (Å²) in [6.07, 6.45) is 10.8. The fourth-order valence-electron chi connectivity index (χ4n) is 2.47. The van der Waals surface area contributed by atoms with Crippen molar-refractivity contribution in [2.75, 3.05) is 5.75 Å². The summed E-state index contributed by atoms with van der Waals surface area (Å²) in [5, 5.41) is 0. The fraction of sp³-hybridized carbons (Fsp3) is 0.667. The Bertz CT molecular complexity index is 474. The van der Waals surface area contributed by atoms with Gasteiger partial charge in [0, 0.05) is 0 Å². The summed E-state index contributed by atoms with van der Waals surface area (Å²) in [6.45, 7) is 4.20. The van der Waals surface area contributed by atoms with E-state index in [2.05, 4.69) is 6.92 Å². The molecule has 2 nitrogen and oxygen atoms in total. The van der Waals surface area contributed by atoms with Gasteiger partial charge in [-0.05, 0) is 25.5 Å². The van der Waals surface area contributed by atoms with Crippen molar-refractivity contribution in [1.82, 2.24) is 0 Å². The van der Waals surface area contributed by atoms with Crippen LogP contribution in [0.4, 0.5) is 0 Å².